The molecule has 3 heterocycles. The monoisotopic (exact) mass is 463 g/mol. The van der Waals surface area contributed by atoms with Gasteiger partial charge in [-0.25, -0.2) is 12.8 Å². The minimum Gasteiger partial charge on any atom is -0.478 e. The molecule has 0 spiro atoms. The highest BCUT2D eigenvalue weighted by molar-refractivity contribution is 7.91. The summed E-state index contributed by atoms with van der Waals surface area (Å²) in [5.74, 6) is 0.322. The zero-order valence-electron chi connectivity index (χ0n) is 16.7. The van der Waals surface area contributed by atoms with E-state index in [1.165, 1.54) is 24.3 Å². The Kier molecular flexibility index (Phi) is 4.84. The lowest BCUT2D eigenvalue weighted by Crippen LogP contribution is -2.41. The molecule has 0 aromatic heterocycles. The number of ether oxygens (including phenoxy) is 2. The first-order valence-electron chi connectivity index (χ1n) is 9.85. The Hall–Kier alpha value is -2.42. The molecule has 6 nitrogen and oxygen atoms in total. The van der Waals surface area contributed by atoms with Crippen molar-refractivity contribution < 1.29 is 27.1 Å². The minimum absolute atomic E-state index is 0.0148. The van der Waals surface area contributed by atoms with E-state index in [1.54, 1.807) is 13.0 Å². The highest BCUT2D eigenvalue weighted by Gasteiger charge is 2.39. The number of hydrogen-bond acceptors (Lipinski definition) is 6. The van der Waals surface area contributed by atoms with E-state index >= 15 is 0 Å². The molecule has 9 heteroatoms. The van der Waals surface area contributed by atoms with Gasteiger partial charge in [0, 0.05) is 18.2 Å². The molecule has 0 N–H and O–H groups in total. The molecular weight excluding hydrogens is 445 g/mol. The number of hydrogen-bond donors (Lipinski definition) is 0. The van der Waals surface area contributed by atoms with Gasteiger partial charge in [0.05, 0.1) is 27.7 Å². The lowest BCUT2D eigenvalue weighted by molar-refractivity contribution is 0.0633. The smallest absolute Gasteiger partial charge is 0.232 e. The summed E-state index contributed by atoms with van der Waals surface area (Å²) in [6.07, 6.45) is 1.86. The second-order valence-corrected chi connectivity index (χ2v) is 10.7. The van der Waals surface area contributed by atoms with Crippen LogP contribution in [-0.2, 0) is 16.4 Å². The molecule has 2 aromatic rings. The fourth-order valence-electron chi connectivity index (χ4n) is 4.32. The van der Waals surface area contributed by atoms with Gasteiger partial charge in [-0.2, -0.15) is 0 Å². The molecule has 5 rings (SSSR count). The number of nitrogens with zero attached hydrogens (tertiary/aromatic N) is 1. The van der Waals surface area contributed by atoms with Crippen LogP contribution >= 0.6 is 11.6 Å². The number of ketones is 1. The Balaban J connectivity index is 1.52. The van der Waals surface area contributed by atoms with Crippen LogP contribution in [0.4, 0.5) is 4.39 Å². The van der Waals surface area contributed by atoms with Crippen molar-refractivity contribution in [2.24, 2.45) is 0 Å². The van der Waals surface area contributed by atoms with E-state index in [0.717, 1.165) is 0 Å². The Bertz CT molecular complexity index is 1240. The van der Waals surface area contributed by atoms with E-state index in [-0.39, 0.29) is 46.4 Å². The molecule has 1 saturated heterocycles. The fourth-order valence-corrected chi connectivity index (χ4v) is 6.30. The number of carbonyl (C=O) groups is 1. The van der Waals surface area contributed by atoms with Crippen molar-refractivity contribution in [3.8, 4) is 11.5 Å². The highest BCUT2D eigenvalue weighted by Crippen LogP contribution is 2.45. The summed E-state index contributed by atoms with van der Waals surface area (Å²) in [5.41, 5.74) is 1.87. The van der Waals surface area contributed by atoms with Crippen LogP contribution in [0, 0.1) is 12.7 Å². The average Bonchev–Trinajstić information content (AvgIpc) is 3.25. The highest BCUT2D eigenvalue weighted by atomic mass is 35.5. The zero-order valence-corrected chi connectivity index (χ0v) is 18.2. The van der Waals surface area contributed by atoms with Crippen LogP contribution in [0.25, 0.3) is 6.08 Å². The second-order valence-electron chi connectivity index (χ2n) is 8.03. The molecular formula is C22H19ClFNO5S. The van der Waals surface area contributed by atoms with E-state index in [9.17, 15) is 17.6 Å². The van der Waals surface area contributed by atoms with Crippen LogP contribution in [0.1, 0.15) is 33.5 Å². The number of aryl methyl sites for hydroxylation is 1. The van der Waals surface area contributed by atoms with Crippen LogP contribution in [0.15, 0.2) is 30.0 Å². The van der Waals surface area contributed by atoms with Gasteiger partial charge in [0.25, 0.3) is 0 Å². The van der Waals surface area contributed by atoms with Crippen molar-refractivity contribution in [2.75, 3.05) is 18.2 Å². The van der Waals surface area contributed by atoms with E-state index < -0.39 is 15.7 Å². The SMILES string of the molecule is Cc1cc2c(c3c1C(=O)/C(=C/c1c(F)cccc1Cl)O3)CN(C1CCS(=O)(=O)C1)CO2. The topological polar surface area (TPSA) is 72.9 Å². The van der Waals surface area contributed by atoms with Crippen molar-refractivity contribution in [1.82, 2.24) is 4.90 Å². The van der Waals surface area contributed by atoms with Gasteiger partial charge in [-0.1, -0.05) is 17.7 Å². The number of benzene rings is 2. The summed E-state index contributed by atoms with van der Waals surface area (Å²) in [6.45, 7) is 2.46. The number of rotatable bonds is 2. The van der Waals surface area contributed by atoms with Gasteiger partial charge in [0.15, 0.2) is 15.6 Å². The van der Waals surface area contributed by atoms with Gasteiger partial charge in [0.2, 0.25) is 5.78 Å². The van der Waals surface area contributed by atoms with Gasteiger partial charge in [-0.15, -0.1) is 0 Å². The molecule has 0 amide bonds. The molecule has 31 heavy (non-hydrogen) atoms. The molecule has 162 valence electrons. The number of carbonyl (C=O) groups excluding carboxylic acids is 1. The van der Waals surface area contributed by atoms with E-state index in [2.05, 4.69) is 0 Å². The molecule has 1 atom stereocenters. The maximum atomic E-state index is 14.2. The lowest BCUT2D eigenvalue weighted by Gasteiger charge is -2.33. The van der Waals surface area contributed by atoms with Crippen molar-refractivity contribution in [3.63, 3.8) is 0 Å². The third-order valence-corrected chi connectivity index (χ3v) is 8.03. The molecule has 2 aromatic carbocycles. The van der Waals surface area contributed by atoms with Crippen molar-refractivity contribution in [2.45, 2.75) is 25.9 Å². The Morgan fingerprint density at radius 1 is 1.32 bits per heavy atom. The molecule has 3 aliphatic heterocycles. The summed E-state index contributed by atoms with van der Waals surface area (Å²) < 4.78 is 49.8. The maximum absolute atomic E-state index is 14.2. The van der Waals surface area contributed by atoms with Crippen LogP contribution in [0.3, 0.4) is 0 Å². The average molecular weight is 464 g/mol. The quantitative estimate of drug-likeness (QED) is 0.632. The zero-order chi connectivity index (χ0) is 21.9. The molecule has 0 saturated carbocycles. The largest absolute Gasteiger partial charge is 0.478 e. The summed E-state index contributed by atoms with van der Waals surface area (Å²) in [7, 11) is -3.04. The molecule has 0 aliphatic carbocycles. The first-order valence-corrected chi connectivity index (χ1v) is 12.1. The normalized spacial score (nSPS) is 23.4. The summed E-state index contributed by atoms with van der Waals surface area (Å²) in [4.78, 5) is 15.0. The van der Waals surface area contributed by atoms with E-state index in [0.29, 0.717) is 41.2 Å². The van der Waals surface area contributed by atoms with Crippen LogP contribution in [0.5, 0.6) is 11.5 Å². The second kappa shape index (κ2) is 7.32. The van der Waals surface area contributed by atoms with Crippen LogP contribution < -0.4 is 9.47 Å². The Labute approximate surface area is 184 Å². The third kappa shape index (κ3) is 3.52. The number of fused-ring (bicyclic) bond motifs is 3. The maximum Gasteiger partial charge on any atom is 0.232 e. The lowest BCUT2D eigenvalue weighted by atomic mass is 9.98. The standard InChI is InChI=1S/C22H19ClFNO5S/c1-12-7-18-15(9-25(11-29-18)13-5-6-31(27,28)10-13)22-20(12)21(26)19(30-22)8-14-16(23)3-2-4-17(14)24/h2-4,7-8,13H,5-6,9-11H2,1H3/b19-8-. The van der Waals surface area contributed by atoms with Gasteiger partial charge < -0.3 is 9.47 Å². The fraction of sp³-hybridized carbons (Fsp3) is 0.318. The Morgan fingerprint density at radius 2 is 2.13 bits per heavy atom. The molecule has 1 fully saturated rings. The number of halogens is 2. The summed E-state index contributed by atoms with van der Waals surface area (Å²) in [5, 5.41) is 0.176. The van der Waals surface area contributed by atoms with Gasteiger partial charge in [0.1, 0.15) is 24.0 Å². The van der Waals surface area contributed by atoms with E-state index in [1.807, 2.05) is 4.90 Å². The van der Waals surface area contributed by atoms with Gasteiger partial charge in [-0.05, 0) is 43.2 Å². The number of sulfone groups is 1. The third-order valence-electron chi connectivity index (χ3n) is 5.95. The molecule has 3 aliphatic rings. The predicted octanol–water partition coefficient (Wildman–Crippen LogP) is 3.74. The minimum atomic E-state index is -3.04. The predicted molar refractivity (Wildman–Crippen MR) is 114 cm³/mol. The number of Topliss-reactive ketones (excluding diaryl/α,β-unsaturated/α-hetero) is 1. The van der Waals surface area contributed by atoms with Crippen molar-refractivity contribution >= 4 is 33.3 Å². The first kappa shape index (κ1) is 20.5. The number of allylic oxidation sites excluding steroid dienone is 1. The van der Waals surface area contributed by atoms with Crippen LogP contribution in [-0.4, -0.2) is 43.4 Å². The molecule has 1 unspecified atom stereocenters. The van der Waals surface area contributed by atoms with Crippen LogP contribution in [0.2, 0.25) is 5.02 Å². The van der Waals surface area contributed by atoms with Crippen molar-refractivity contribution in [1.29, 1.82) is 0 Å². The van der Waals surface area contributed by atoms with Crippen molar-refractivity contribution in [3.05, 3.63) is 63.1 Å². The molecule has 0 bridgehead atoms. The first-order chi connectivity index (χ1) is 14.7. The van der Waals surface area contributed by atoms with E-state index in [4.69, 9.17) is 21.1 Å². The molecule has 0 radical (unpaired) electrons. The summed E-state index contributed by atoms with van der Waals surface area (Å²) >= 11 is 6.10. The summed E-state index contributed by atoms with van der Waals surface area (Å²) in [6, 6.07) is 5.94. The van der Waals surface area contributed by atoms with Gasteiger partial charge in [-0.3, -0.25) is 9.69 Å². The van der Waals surface area contributed by atoms with Gasteiger partial charge >= 0.3 is 0 Å². The Morgan fingerprint density at radius 3 is 2.84 bits per heavy atom.